The number of nitrogens with two attached hydrogens (primary N) is 1. The summed E-state index contributed by atoms with van der Waals surface area (Å²) < 4.78 is 13.5. The summed E-state index contributed by atoms with van der Waals surface area (Å²) in [5, 5.41) is 5.37. The van der Waals surface area contributed by atoms with Crippen LogP contribution in [0.4, 0.5) is 10.2 Å². The first-order valence-corrected chi connectivity index (χ1v) is 8.54. The highest BCUT2D eigenvalue weighted by Gasteiger charge is 2.23. The first-order chi connectivity index (χ1) is 13.5. The van der Waals surface area contributed by atoms with E-state index in [0.29, 0.717) is 11.4 Å². The van der Waals surface area contributed by atoms with E-state index in [1.807, 2.05) is 0 Å². The molecule has 0 fully saturated rings. The molecular weight excluding hydrogens is 363 g/mol. The van der Waals surface area contributed by atoms with Gasteiger partial charge in [-0.1, -0.05) is 18.2 Å². The number of carbonyl (C=O) groups is 2. The lowest BCUT2D eigenvalue weighted by molar-refractivity contribution is -0.123. The number of nitrogen functional groups attached to an aromatic ring is 1. The van der Waals surface area contributed by atoms with Crippen LogP contribution < -0.4 is 16.4 Å². The Morgan fingerprint density at radius 1 is 1.18 bits per heavy atom. The van der Waals surface area contributed by atoms with Gasteiger partial charge in [-0.15, -0.1) is 0 Å². The minimum atomic E-state index is -0.916. The van der Waals surface area contributed by atoms with Crippen LogP contribution >= 0.6 is 0 Å². The van der Waals surface area contributed by atoms with Crippen LogP contribution in [-0.4, -0.2) is 32.8 Å². The van der Waals surface area contributed by atoms with Crippen LogP contribution in [0.3, 0.4) is 0 Å². The molecular formula is C19H19FN6O2. The van der Waals surface area contributed by atoms with Gasteiger partial charge in [0.25, 0.3) is 5.91 Å². The molecule has 0 unspecified atom stereocenters. The smallest absolute Gasteiger partial charge is 0.287 e. The van der Waals surface area contributed by atoms with Crippen molar-refractivity contribution in [3.05, 3.63) is 77.8 Å². The Hall–Kier alpha value is -3.75. The number of aromatic nitrogens is 3. The number of halogens is 1. The summed E-state index contributed by atoms with van der Waals surface area (Å²) in [7, 11) is 0. The van der Waals surface area contributed by atoms with Crippen LogP contribution in [-0.2, 0) is 17.8 Å². The monoisotopic (exact) mass is 382 g/mol. The lowest BCUT2D eigenvalue weighted by Gasteiger charge is -2.18. The molecule has 0 radical (unpaired) electrons. The van der Waals surface area contributed by atoms with Crippen molar-refractivity contribution in [3.63, 3.8) is 0 Å². The number of hydrogen-bond acceptors (Lipinski definition) is 5. The zero-order valence-electron chi connectivity index (χ0n) is 14.9. The Morgan fingerprint density at radius 2 is 2.04 bits per heavy atom. The fraction of sp³-hybridized carbons (Fsp3) is 0.158. The van der Waals surface area contributed by atoms with Gasteiger partial charge in [0.05, 0.1) is 0 Å². The highest BCUT2D eigenvalue weighted by molar-refractivity contribution is 5.94. The van der Waals surface area contributed by atoms with Crippen molar-refractivity contribution in [1.29, 1.82) is 0 Å². The second-order valence-corrected chi connectivity index (χ2v) is 6.11. The molecule has 2 amide bonds. The van der Waals surface area contributed by atoms with Gasteiger partial charge in [0.2, 0.25) is 5.91 Å². The summed E-state index contributed by atoms with van der Waals surface area (Å²) in [5.74, 6) is -0.900. The Bertz CT molecular complexity index is 943. The number of rotatable bonds is 7. The number of imidazole rings is 1. The number of aromatic amines is 1. The number of pyridine rings is 1. The molecule has 1 aromatic carbocycles. The van der Waals surface area contributed by atoms with Gasteiger partial charge in [-0.3, -0.25) is 9.59 Å². The van der Waals surface area contributed by atoms with E-state index in [2.05, 4.69) is 25.6 Å². The Labute approximate surface area is 160 Å². The highest BCUT2D eigenvalue weighted by Crippen LogP contribution is 2.08. The number of benzene rings is 1. The van der Waals surface area contributed by atoms with E-state index in [0.717, 1.165) is 5.56 Å². The number of nitrogens with zero attached hydrogens (tertiary/aromatic N) is 2. The third-order valence-corrected chi connectivity index (χ3v) is 3.98. The third kappa shape index (κ3) is 5.13. The predicted octanol–water partition coefficient (Wildman–Crippen LogP) is 1.18. The number of nitrogens with one attached hydrogen (secondary N) is 3. The first-order valence-electron chi connectivity index (χ1n) is 8.54. The number of carbonyl (C=O) groups excluding carboxylic acids is 2. The molecule has 0 aliphatic rings. The average Bonchev–Trinajstić information content (AvgIpc) is 3.22. The Balaban J connectivity index is 1.71. The van der Waals surface area contributed by atoms with E-state index < -0.39 is 23.7 Å². The van der Waals surface area contributed by atoms with Gasteiger partial charge in [0, 0.05) is 31.6 Å². The number of H-pyrrole nitrogens is 1. The van der Waals surface area contributed by atoms with Crippen molar-refractivity contribution in [3.8, 4) is 0 Å². The fourth-order valence-electron chi connectivity index (χ4n) is 2.58. The maximum Gasteiger partial charge on any atom is 0.287 e. The molecule has 8 nitrogen and oxygen atoms in total. The van der Waals surface area contributed by atoms with Crippen molar-refractivity contribution in [2.24, 2.45) is 0 Å². The maximum absolute atomic E-state index is 13.5. The fourth-order valence-corrected chi connectivity index (χ4v) is 2.58. The van der Waals surface area contributed by atoms with Crippen molar-refractivity contribution in [1.82, 2.24) is 25.6 Å². The second-order valence-electron chi connectivity index (χ2n) is 6.11. The normalized spacial score (nSPS) is 11.6. The number of amides is 2. The van der Waals surface area contributed by atoms with E-state index in [9.17, 15) is 14.0 Å². The quantitative estimate of drug-likeness (QED) is 0.488. The Morgan fingerprint density at radius 3 is 2.71 bits per heavy atom. The van der Waals surface area contributed by atoms with Crippen molar-refractivity contribution in [2.45, 2.75) is 19.0 Å². The summed E-state index contributed by atoms with van der Waals surface area (Å²) in [4.78, 5) is 35.5. The zero-order chi connectivity index (χ0) is 19.9. The second kappa shape index (κ2) is 8.76. The predicted molar refractivity (Wildman–Crippen MR) is 100 cm³/mol. The minimum Gasteiger partial charge on any atom is -0.384 e. The number of anilines is 1. The van der Waals surface area contributed by atoms with Crippen LogP contribution in [0, 0.1) is 5.82 Å². The molecule has 3 rings (SSSR count). The third-order valence-electron chi connectivity index (χ3n) is 3.98. The molecule has 0 aliphatic carbocycles. The van der Waals surface area contributed by atoms with E-state index in [1.54, 1.807) is 30.5 Å². The van der Waals surface area contributed by atoms with E-state index in [4.69, 9.17) is 5.73 Å². The minimum absolute atomic E-state index is 0.0831. The van der Waals surface area contributed by atoms with Crippen LogP contribution in [0.1, 0.15) is 21.7 Å². The lowest BCUT2D eigenvalue weighted by atomic mass is 10.0. The van der Waals surface area contributed by atoms with Gasteiger partial charge in [0.1, 0.15) is 17.7 Å². The van der Waals surface area contributed by atoms with Crippen LogP contribution in [0.5, 0.6) is 0 Å². The molecule has 3 aromatic rings. The van der Waals surface area contributed by atoms with Crippen molar-refractivity contribution < 1.29 is 14.0 Å². The van der Waals surface area contributed by atoms with Gasteiger partial charge in [-0.2, -0.15) is 0 Å². The van der Waals surface area contributed by atoms with Gasteiger partial charge in [-0.05, 0) is 29.3 Å². The molecule has 0 bridgehead atoms. The molecule has 5 N–H and O–H groups in total. The summed E-state index contributed by atoms with van der Waals surface area (Å²) in [5.41, 5.74) is 6.88. The summed E-state index contributed by atoms with van der Waals surface area (Å²) in [6.07, 6.45) is 4.62. The largest absolute Gasteiger partial charge is 0.384 e. The first kappa shape index (κ1) is 19.0. The molecule has 2 aromatic heterocycles. The number of hydrogen-bond donors (Lipinski definition) is 4. The maximum atomic E-state index is 13.5. The molecule has 2 heterocycles. The van der Waals surface area contributed by atoms with Gasteiger partial charge < -0.3 is 21.4 Å². The molecule has 28 heavy (non-hydrogen) atoms. The van der Waals surface area contributed by atoms with Gasteiger partial charge >= 0.3 is 0 Å². The highest BCUT2D eigenvalue weighted by atomic mass is 19.1. The van der Waals surface area contributed by atoms with Crippen molar-refractivity contribution >= 4 is 17.6 Å². The average molecular weight is 382 g/mol. The van der Waals surface area contributed by atoms with Crippen LogP contribution in [0.15, 0.2) is 55.0 Å². The SMILES string of the molecule is Nc1ccc(CNC(=O)[C@H](Cc2cccc(F)c2)NC(=O)c2ncc[nH]2)cn1. The molecule has 1 atom stereocenters. The van der Waals surface area contributed by atoms with E-state index in [1.165, 1.54) is 24.5 Å². The molecule has 0 spiro atoms. The molecule has 0 saturated carbocycles. The van der Waals surface area contributed by atoms with Gasteiger partial charge in [-0.25, -0.2) is 14.4 Å². The van der Waals surface area contributed by atoms with Crippen LogP contribution in [0.2, 0.25) is 0 Å². The van der Waals surface area contributed by atoms with E-state index >= 15 is 0 Å². The van der Waals surface area contributed by atoms with Crippen LogP contribution in [0.25, 0.3) is 0 Å². The topological polar surface area (TPSA) is 126 Å². The molecule has 0 saturated heterocycles. The summed E-state index contributed by atoms with van der Waals surface area (Å²) in [6.45, 7) is 0.211. The molecule has 0 aliphatic heterocycles. The van der Waals surface area contributed by atoms with E-state index in [-0.39, 0.29) is 18.8 Å². The summed E-state index contributed by atoms with van der Waals surface area (Å²) >= 11 is 0. The van der Waals surface area contributed by atoms with Gasteiger partial charge in [0.15, 0.2) is 5.82 Å². The van der Waals surface area contributed by atoms with Crippen molar-refractivity contribution in [2.75, 3.05) is 5.73 Å². The Kier molecular flexibility index (Phi) is 5.95. The zero-order valence-corrected chi connectivity index (χ0v) is 14.9. The molecule has 144 valence electrons. The summed E-state index contributed by atoms with van der Waals surface area (Å²) in [6, 6.07) is 8.33. The lowest BCUT2D eigenvalue weighted by Crippen LogP contribution is -2.48. The standard InChI is InChI=1S/C19H19FN6O2/c20-14-3-1-2-12(8-14)9-15(26-19(28)17-22-6-7-23-17)18(27)25-11-13-4-5-16(21)24-10-13/h1-8,10,15H,9,11H2,(H2,21,24)(H,22,23)(H,25,27)(H,26,28)/t15-/m0/s1. The molecule has 9 heteroatoms.